The first-order valence-electron chi connectivity index (χ1n) is 7.70. The lowest BCUT2D eigenvalue weighted by atomic mass is 9.83. The Hall–Kier alpha value is -2.70. The maximum atomic E-state index is 12.3. The van der Waals surface area contributed by atoms with Gasteiger partial charge in [0, 0.05) is 25.3 Å². The zero-order valence-electron chi connectivity index (χ0n) is 13.3. The van der Waals surface area contributed by atoms with Crippen molar-refractivity contribution in [2.24, 2.45) is 5.92 Å². The Labute approximate surface area is 139 Å². The fourth-order valence-electron chi connectivity index (χ4n) is 2.79. The molecule has 1 amide bonds. The fourth-order valence-corrected chi connectivity index (χ4v) is 2.79. The van der Waals surface area contributed by atoms with E-state index in [1.165, 1.54) is 31.2 Å². The van der Waals surface area contributed by atoms with E-state index in [1.54, 1.807) is 0 Å². The van der Waals surface area contributed by atoms with E-state index in [-0.39, 0.29) is 17.8 Å². The summed E-state index contributed by atoms with van der Waals surface area (Å²) in [6.07, 6.45) is 1.87. The summed E-state index contributed by atoms with van der Waals surface area (Å²) in [5, 5.41) is 11.9. The minimum atomic E-state index is -1.15. The number of amides is 1. The standard InChI is InChI=1S/C17H19NO6/c1-10(19)24-14-7-5-11(6-8-14)16(21)18-15(17(22)23)12-3-2-4-13(20)9-12/h5-8,12,15H,2-4,9H2,1H3,(H,18,21)(H,22,23)/t12-,15-/m0/s1. The van der Waals surface area contributed by atoms with Crippen molar-refractivity contribution in [2.75, 3.05) is 0 Å². The van der Waals surface area contributed by atoms with Gasteiger partial charge < -0.3 is 15.2 Å². The van der Waals surface area contributed by atoms with Crippen molar-refractivity contribution < 1.29 is 29.0 Å². The number of hydrogen-bond acceptors (Lipinski definition) is 5. The molecule has 0 aromatic heterocycles. The Kier molecular flexibility index (Phi) is 5.68. The van der Waals surface area contributed by atoms with Gasteiger partial charge in [0.1, 0.15) is 17.6 Å². The lowest BCUT2D eigenvalue weighted by molar-refractivity contribution is -0.141. The molecule has 24 heavy (non-hydrogen) atoms. The summed E-state index contributed by atoms with van der Waals surface area (Å²) in [5.41, 5.74) is 0.249. The summed E-state index contributed by atoms with van der Waals surface area (Å²) in [6.45, 7) is 1.27. The van der Waals surface area contributed by atoms with Gasteiger partial charge in [-0.25, -0.2) is 4.79 Å². The third-order valence-corrected chi connectivity index (χ3v) is 3.92. The van der Waals surface area contributed by atoms with Gasteiger partial charge >= 0.3 is 11.9 Å². The number of esters is 1. The highest BCUT2D eigenvalue weighted by Crippen LogP contribution is 2.25. The molecule has 1 aliphatic rings. The fraction of sp³-hybridized carbons (Fsp3) is 0.412. The third-order valence-electron chi connectivity index (χ3n) is 3.92. The number of carboxylic acids is 1. The zero-order chi connectivity index (χ0) is 17.7. The van der Waals surface area contributed by atoms with Crippen LogP contribution in [0.15, 0.2) is 24.3 Å². The summed E-state index contributed by atoms with van der Waals surface area (Å²) in [5.74, 6) is -2.24. The van der Waals surface area contributed by atoms with Crippen molar-refractivity contribution in [3.63, 3.8) is 0 Å². The quantitative estimate of drug-likeness (QED) is 0.625. The van der Waals surface area contributed by atoms with Crippen molar-refractivity contribution in [2.45, 2.75) is 38.6 Å². The minimum absolute atomic E-state index is 0.0254. The second kappa shape index (κ2) is 7.72. The SMILES string of the molecule is CC(=O)Oc1ccc(C(=O)N[C@H](C(=O)O)[C@H]2CCCC(=O)C2)cc1. The molecule has 0 saturated heterocycles. The number of carbonyl (C=O) groups excluding carboxylic acids is 3. The molecule has 0 aliphatic heterocycles. The van der Waals surface area contributed by atoms with Crippen LogP contribution >= 0.6 is 0 Å². The number of nitrogens with one attached hydrogen (secondary N) is 1. The Morgan fingerprint density at radius 3 is 2.46 bits per heavy atom. The van der Waals surface area contributed by atoms with Gasteiger partial charge in [0.05, 0.1) is 0 Å². The van der Waals surface area contributed by atoms with Gasteiger partial charge in [0.25, 0.3) is 5.91 Å². The molecule has 1 aromatic carbocycles. The van der Waals surface area contributed by atoms with Crippen LogP contribution in [0.3, 0.4) is 0 Å². The van der Waals surface area contributed by atoms with Gasteiger partial charge in [-0.3, -0.25) is 14.4 Å². The van der Waals surface area contributed by atoms with Crippen molar-refractivity contribution in [3.8, 4) is 5.75 Å². The predicted octanol–water partition coefficient (Wildman–Crippen LogP) is 1.55. The number of hydrogen-bond donors (Lipinski definition) is 2. The van der Waals surface area contributed by atoms with Gasteiger partial charge in [0.2, 0.25) is 0 Å². The van der Waals surface area contributed by atoms with E-state index in [9.17, 15) is 24.3 Å². The van der Waals surface area contributed by atoms with E-state index in [1.807, 2.05) is 0 Å². The molecule has 0 bridgehead atoms. The van der Waals surface area contributed by atoms with Crippen LogP contribution in [0, 0.1) is 5.92 Å². The van der Waals surface area contributed by atoms with E-state index in [0.29, 0.717) is 25.0 Å². The number of rotatable bonds is 5. The van der Waals surface area contributed by atoms with Crippen LogP contribution in [0.25, 0.3) is 0 Å². The molecule has 2 rings (SSSR count). The van der Waals surface area contributed by atoms with E-state index >= 15 is 0 Å². The second-order valence-electron chi connectivity index (χ2n) is 5.80. The summed E-state index contributed by atoms with van der Waals surface area (Å²) in [7, 11) is 0. The van der Waals surface area contributed by atoms with Crippen LogP contribution in [-0.2, 0) is 14.4 Å². The van der Waals surface area contributed by atoms with E-state index in [0.717, 1.165) is 0 Å². The number of aliphatic carboxylic acids is 1. The summed E-state index contributed by atoms with van der Waals surface area (Å²) < 4.78 is 4.87. The van der Waals surface area contributed by atoms with Gasteiger partial charge in [0.15, 0.2) is 0 Å². The van der Waals surface area contributed by atoms with E-state index in [2.05, 4.69) is 5.32 Å². The normalized spacial score (nSPS) is 18.5. The monoisotopic (exact) mass is 333 g/mol. The van der Waals surface area contributed by atoms with Crippen LogP contribution in [-0.4, -0.2) is 34.8 Å². The average molecular weight is 333 g/mol. The first kappa shape index (κ1) is 17.7. The molecule has 1 aromatic rings. The Bertz CT molecular complexity index is 652. The molecule has 0 heterocycles. The van der Waals surface area contributed by atoms with E-state index in [4.69, 9.17) is 4.74 Å². The Balaban J connectivity index is 2.06. The first-order chi connectivity index (χ1) is 11.4. The highest BCUT2D eigenvalue weighted by molar-refractivity contribution is 5.97. The lowest BCUT2D eigenvalue weighted by Gasteiger charge is -2.27. The van der Waals surface area contributed by atoms with Gasteiger partial charge in [-0.05, 0) is 43.0 Å². The van der Waals surface area contributed by atoms with Gasteiger partial charge in [-0.2, -0.15) is 0 Å². The molecular formula is C17H19NO6. The highest BCUT2D eigenvalue weighted by Gasteiger charge is 2.33. The van der Waals surface area contributed by atoms with Crippen LogP contribution in [0.2, 0.25) is 0 Å². The van der Waals surface area contributed by atoms with Crippen LogP contribution < -0.4 is 10.1 Å². The number of ketones is 1. The van der Waals surface area contributed by atoms with Crippen molar-refractivity contribution in [1.82, 2.24) is 5.32 Å². The molecule has 0 unspecified atom stereocenters. The van der Waals surface area contributed by atoms with Gasteiger partial charge in [-0.15, -0.1) is 0 Å². The van der Waals surface area contributed by atoms with Crippen LogP contribution in [0.1, 0.15) is 43.0 Å². The molecule has 7 nitrogen and oxygen atoms in total. The molecule has 1 saturated carbocycles. The number of carbonyl (C=O) groups is 4. The molecule has 0 radical (unpaired) electrons. The average Bonchev–Trinajstić information content (AvgIpc) is 2.52. The Morgan fingerprint density at radius 1 is 1.25 bits per heavy atom. The topological polar surface area (TPSA) is 110 Å². The van der Waals surface area contributed by atoms with Crippen molar-refractivity contribution in [1.29, 1.82) is 0 Å². The van der Waals surface area contributed by atoms with Crippen LogP contribution in [0.5, 0.6) is 5.75 Å². The van der Waals surface area contributed by atoms with Crippen molar-refractivity contribution in [3.05, 3.63) is 29.8 Å². The van der Waals surface area contributed by atoms with Crippen molar-refractivity contribution >= 4 is 23.6 Å². The molecular weight excluding hydrogens is 314 g/mol. The number of Topliss-reactive ketones (excluding diaryl/α,β-unsaturated/α-hetero) is 1. The highest BCUT2D eigenvalue weighted by atomic mass is 16.5. The molecule has 7 heteroatoms. The number of carboxylic acid groups (broad SMARTS) is 1. The second-order valence-corrected chi connectivity index (χ2v) is 5.80. The maximum Gasteiger partial charge on any atom is 0.326 e. The first-order valence-corrected chi connectivity index (χ1v) is 7.70. The minimum Gasteiger partial charge on any atom is -0.480 e. The number of benzene rings is 1. The number of ether oxygens (including phenoxy) is 1. The van der Waals surface area contributed by atoms with Crippen LogP contribution in [0.4, 0.5) is 0 Å². The Morgan fingerprint density at radius 2 is 1.92 bits per heavy atom. The summed E-state index contributed by atoms with van der Waals surface area (Å²) in [6, 6.07) is 4.69. The smallest absolute Gasteiger partial charge is 0.326 e. The molecule has 1 aliphatic carbocycles. The molecule has 128 valence electrons. The van der Waals surface area contributed by atoms with E-state index < -0.39 is 29.8 Å². The molecule has 1 fully saturated rings. The largest absolute Gasteiger partial charge is 0.480 e. The summed E-state index contributed by atoms with van der Waals surface area (Å²) in [4.78, 5) is 46.1. The summed E-state index contributed by atoms with van der Waals surface area (Å²) >= 11 is 0. The zero-order valence-corrected chi connectivity index (χ0v) is 13.3. The van der Waals surface area contributed by atoms with Gasteiger partial charge in [-0.1, -0.05) is 0 Å². The maximum absolute atomic E-state index is 12.3. The third kappa shape index (κ3) is 4.65. The molecule has 0 spiro atoms. The predicted molar refractivity (Wildman–Crippen MR) is 83.6 cm³/mol. The lowest BCUT2D eigenvalue weighted by Crippen LogP contribution is -2.47. The molecule has 2 N–H and O–H groups in total. The molecule has 2 atom stereocenters.